The third kappa shape index (κ3) is 3.15. The van der Waals surface area contributed by atoms with Gasteiger partial charge in [0.1, 0.15) is 10.7 Å². The topological polar surface area (TPSA) is 89.3 Å². The highest BCUT2D eigenvalue weighted by Crippen LogP contribution is 2.23. The molecule has 0 spiro atoms. The summed E-state index contributed by atoms with van der Waals surface area (Å²) >= 11 is 5.65. The molecule has 1 rings (SSSR count). The highest BCUT2D eigenvalue weighted by Gasteiger charge is 2.20. The lowest BCUT2D eigenvalue weighted by Crippen LogP contribution is -2.24. The van der Waals surface area contributed by atoms with E-state index in [1.807, 2.05) is 0 Å². The molecule has 1 aromatic rings. The van der Waals surface area contributed by atoms with Crippen LogP contribution in [-0.2, 0) is 10.0 Å². The van der Waals surface area contributed by atoms with Crippen LogP contribution in [0.4, 0.5) is 4.39 Å². The zero-order valence-corrected chi connectivity index (χ0v) is 10.4. The molecule has 0 unspecified atom stereocenters. The van der Waals surface area contributed by atoms with E-state index in [0.29, 0.717) is 6.54 Å². The molecule has 3 N–H and O–H groups in total. The largest absolute Gasteiger partial charge is 0.352 e. The molecule has 0 aliphatic heterocycles. The Bertz CT molecular complexity index is 560. The molecule has 0 heterocycles. The van der Waals surface area contributed by atoms with Gasteiger partial charge >= 0.3 is 0 Å². The third-order valence-electron chi connectivity index (χ3n) is 1.91. The van der Waals surface area contributed by atoms with E-state index in [2.05, 4.69) is 5.32 Å². The Balaban J connectivity index is 3.39. The SMILES string of the molecule is CCNC(=O)c1cc(S(N)(=O)=O)c(F)cc1Cl. The molecular formula is C9H10ClFN2O3S. The number of nitrogens with two attached hydrogens (primary N) is 1. The Morgan fingerprint density at radius 2 is 2.12 bits per heavy atom. The summed E-state index contributed by atoms with van der Waals surface area (Å²) in [6, 6.07) is 1.56. The van der Waals surface area contributed by atoms with Crippen molar-refractivity contribution in [2.75, 3.05) is 6.54 Å². The Morgan fingerprint density at radius 1 is 1.53 bits per heavy atom. The minimum absolute atomic E-state index is 0.140. The smallest absolute Gasteiger partial charge is 0.252 e. The lowest BCUT2D eigenvalue weighted by molar-refractivity contribution is 0.0955. The van der Waals surface area contributed by atoms with Gasteiger partial charge in [0.15, 0.2) is 0 Å². The van der Waals surface area contributed by atoms with Gasteiger partial charge in [-0.05, 0) is 19.1 Å². The average Bonchev–Trinajstić information content (AvgIpc) is 2.15. The second kappa shape index (κ2) is 4.99. The Hall–Kier alpha value is -1.18. The van der Waals surface area contributed by atoms with E-state index >= 15 is 0 Å². The summed E-state index contributed by atoms with van der Waals surface area (Å²) < 4.78 is 35.4. The van der Waals surface area contributed by atoms with Gasteiger partial charge in [0, 0.05) is 6.54 Å². The normalized spacial score (nSPS) is 11.3. The molecule has 0 bridgehead atoms. The molecule has 17 heavy (non-hydrogen) atoms. The molecule has 0 aliphatic carbocycles. The maximum absolute atomic E-state index is 13.3. The highest BCUT2D eigenvalue weighted by atomic mass is 35.5. The molecule has 5 nitrogen and oxygen atoms in total. The van der Waals surface area contributed by atoms with Crippen LogP contribution in [0.2, 0.25) is 5.02 Å². The summed E-state index contributed by atoms with van der Waals surface area (Å²) in [5.41, 5.74) is -0.140. The van der Waals surface area contributed by atoms with Crippen molar-refractivity contribution in [3.63, 3.8) is 0 Å². The van der Waals surface area contributed by atoms with Crippen molar-refractivity contribution < 1.29 is 17.6 Å². The van der Waals surface area contributed by atoms with Crippen LogP contribution in [0.15, 0.2) is 17.0 Å². The molecule has 0 saturated carbocycles. The maximum atomic E-state index is 13.3. The van der Waals surface area contributed by atoms with E-state index in [9.17, 15) is 17.6 Å². The van der Waals surface area contributed by atoms with E-state index in [4.69, 9.17) is 16.7 Å². The Labute approximate surface area is 103 Å². The van der Waals surface area contributed by atoms with Gasteiger partial charge in [-0.15, -0.1) is 0 Å². The second-order valence-corrected chi connectivity index (χ2v) is 5.10. The van der Waals surface area contributed by atoms with Crippen LogP contribution in [0.3, 0.4) is 0 Å². The van der Waals surface area contributed by atoms with Crippen LogP contribution < -0.4 is 10.5 Å². The van der Waals surface area contributed by atoms with Crippen LogP contribution >= 0.6 is 11.6 Å². The molecule has 0 atom stereocenters. The molecule has 0 aliphatic rings. The first-order valence-electron chi connectivity index (χ1n) is 4.57. The minimum Gasteiger partial charge on any atom is -0.352 e. The van der Waals surface area contributed by atoms with Gasteiger partial charge in [0.25, 0.3) is 5.91 Å². The van der Waals surface area contributed by atoms with Gasteiger partial charge < -0.3 is 5.32 Å². The average molecular weight is 281 g/mol. The summed E-state index contributed by atoms with van der Waals surface area (Å²) in [4.78, 5) is 10.7. The summed E-state index contributed by atoms with van der Waals surface area (Å²) in [5, 5.41) is 7.05. The Kier molecular flexibility index (Phi) is 4.07. The Morgan fingerprint density at radius 3 is 2.59 bits per heavy atom. The van der Waals surface area contributed by atoms with E-state index in [0.717, 1.165) is 12.1 Å². The predicted octanol–water partition coefficient (Wildman–Crippen LogP) is 0.876. The predicted molar refractivity (Wildman–Crippen MR) is 60.8 cm³/mol. The maximum Gasteiger partial charge on any atom is 0.252 e. The van der Waals surface area contributed by atoms with Crippen LogP contribution in [0.5, 0.6) is 0 Å². The number of nitrogens with one attached hydrogen (secondary N) is 1. The van der Waals surface area contributed by atoms with Gasteiger partial charge in [0.2, 0.25) is 10.0 Å². The van der Waals surface area contributed by atoms with Gasteiger partial charge in [-0.2, -0.15) is 0 Å². The van der Waals surface area contributed by atoms with Crippen molar-refractivity contribution in [1.82, 2.24) is 5.32 Å². The third-order valence-corrected chi connectivity index (χ3v) is 3.15. The van der Waals surface area contributed by atoms with Crippen molar-refractivity contribution in [2.24, 2.45) is 5.14 Å². The van der Waals surface area contributed by atoms with Crippen LogP contribution in [0.1, 0.15) is 17.3 Å². The summed E-state index contributed by atoms with van der Waals surface area (Å²) in [7, 11) is -4.23. The molecule has 0 radical (unpaired) electrons. The van der Waals surface area contributed by atoms with Gasteiger partial charge in [-0.1, -0.05) is 11.6 Å². The molecule has 94 valence electrons. The van der Waals surface area contributed by atoms with E-state index < -0.39 is 26.6 Å². The van der Waals surface area contributed by atoms with Gasteiger partial charge in [0.05, 0.1) is 10.6 Å². The van der Waals surface area contributed by atoms with Crippen molar-refractivity contribution in [2.45, 2.75) is 11.8 Å². The summed E-state index contributed by atoms with van der Waals surface area (Å²) in [6.07, 6.45) is 0. The number of halogens is 2. The quantitative estimate of drug-likeness (QED) is 0.861. The molecule has 0 saturated heterocycles. The van der Waals surface area contributed by atoms with Crippen LogP contribution in [-0.4, -0.2) is 20.9 Å². The number of carbonyl (C=O) groups excluding carboxylic acids is 1. The first-order valence-corrected chi connectivity index (χ1v) is 6.49. The number of rotatable bonds is 3. The molecular weight excluding hydrogens is 271 g/mol. The van der Waals surface area contributed by atoms with Crippen molar-refractivity contribution in [3.8, 4) is 0 Å². The fourth-order valence-electron chi connectivity index (χ4n) is 1.18. The van der Waals surface area contributed by atoms with Crippen molar-refractivity contribution >= 4 is 27.5 Å². The highest BCUT2D eigenvalue weighted by molar-refractivity contribution is 7.89. The lowest BCUT2D eigenvalue weighted by atomic mass is 10.2. The minimum atomic E-state index is -4.23. The fraction of sp³-hybridized carbons (Fsp3) is 0.222. The molecule has 1 amide bonds. The fourth-order valence-corrected chi connectivity index (χ4v) is 2.03. The number of primary sulfonamides is 1. The van der Waals surface area contributed by atoms with E-state index in [-0.39, 0.29) is 10.6 Å². The zero-order chi connectivity index (χ0) is 13.2. The first kappa shape index (κ1) is 13.9. The molecule has 1 aromatic carbocycles. The second-order valence-electron chi connectivity index (χ2n) is 3.17. The van der Waals surface area contributed by atoms with Gasteiger partial charge in [-0.25, -0.2) is 17.9 Å². The number of sulfonamides is 1. The molecule has 8 heteroatoms. The molecule has 0 aromatic heterocycles. The van der Waals surface area contributed by atoms with E-state index in [1.165, 1.54) is 0 Å². The zero-order valence-electron chi connectivity index (χ0n) is 8.83. The number of carbonyl (C=O) groups is 1. The van der Waals surface area contributed by atoms with Crippen LogP contribution in [0.25, 0.3) is 0 Å². The number of hydrogen-bond acceptors (Lipinski definition) is 3. The van der Waals surface area contributed by atoms with Crippen molar-refractivity contribution in [1.29, 1.82) is 0 Å². The van der Waals surface area contributed by atoms with Crippen molar-refractivity contribution in [3.05, 3.63) is 28.5 Å². The summed E-state index contributed by atoms with van der Waals surface area (Å²) in [6.45, 7) is 2.01. The summed E-state index contributed by atoms with van der Waals surface area (Å²) in [5.74, 6) is -1.69. The first-order chi connectivity index (χ1) is 7.77. The number of benzene rings is 1. The number of hydrogen-bond donors (Lipinski definition) is 2. The number of amides is 1. The lowest BCUT2D eigenvalue weighted by Gasteiger charge is -2.07. The van der Waals surface area contributed by atoms with Crippen LogP contribution in [0, 0.1) is 5.82 Å². The van der Waals surface area contributed by atoms with Gasteiger partial charge in [-0.3, -0.25) is 4.79 Å². The van der Waals surface area contributed by atoms with E-state index in [1.54, 1.807) is 6.92 Å². The monoisotopic (exact) mass is 280 g/mol. The standard InChI is InChI=1S/C9H10ClFN2O3S/c1-2-13-9(14)5-3-8(17(12,15)16)7(11)4-6(5)10/h3-4H,2H2,1H3,(H,13,14)(H2,12,15,16). The molecule has 0 fully saturated rings.